The van der Waals surface area contributed by atoms with E-state index < -0.39 is 10.0 Å². The van der Waals surface area contributed by atoms with E-state index >= 15 is 0 Å². The van der Waals surface area contributed by atoms with Crippen LogP contribution < -0.4 is 11.1 Å². The van der Waals surface area contributed by atoms with Crippen LogP contribution in [0.5, 0.6) is 0 Å². The molecular formula is C14H29IN4O2S. The molecule has 2 fully saturated rings. The van der Waals surface area contributed by atoms with Crippen LogP contribution in [0.3, 0.4) is 0 Å². The van der Waals surface area contributed by atoms with E-state index in [2.05, 4.69) is 10.3 Å². The summed E-state index contributed by atoms with van der Waals surface area (Å²) >= 11 is 0. The molecule has 1 aliphatic carbocycles. The van der Waals surface area contributed by atoms with Crippen molar-refractivity contribution in [3.63, 3.8) is 0 Å². The minimum absolute atomic E-state index is 0. The number of aliphatic imine (C=N–C) groups is 1. The van der Waals surface area contributed by atoms with Crippen LogP contribution in [-0.2, 0) is 10.0 Å². The molecule has 2 rings (SSSR count). The van der Waals surface area contributed by atoms with Gasteiger partial charge in [0.05, 0.1) is 12.8 Å². The summed E-state index contributed by atoms with van der Waals surface area (Å²) in [7, 11) is -3.15. The van der Waals surface area contributed by atoms with Gasteiger partial charge in [-0.05, 0) is 25.7 Å². The lowest BCUT2D eigenvalue weighted by Gasteiger charge is -2.32. The summed E-state index contributed by atoms with van der Waals surface area (Å²) in [6.45, 7) is 1.06. The summed E-state index contributed by atoms with van der Waals surface area (Å²) in [6, 6.07) is 0.389. The first-order chi connectivity index (χ1) is 9.97. The number of hydrogen-bond donors (Lipinski definition) is 2. The zero-order valence-corrected chi connectivity index (χ0v) is 16.5. The van der Waals surface area contributed by atoms with Crippen LogP contribution in [0.4, 0.5) is 0 Å². The van der Waals surface area contributed by atoms with E-state index in [0.29, 0.717) is 25.1 Å². The lowest BCUT2D eigenvalue weighted by Crippen LogP contribution is -2.46. The molecule has 3 N–H and O–H groups in total. The third-order valence-electron chi connectivity index (χ3n) is 4.43. The van der Waals surface area contributed by atoms with Gasteiger partial charge in [-0.15, -0.1) is 24.0 Å². The molecular weight excluding hydrogens is 415 g/mol. The molecule has 0 bridgehead atoms. The maximum absolute atomic E-state index is 11.8. The van der Waals surface area contributed by atoms with Crippen LogP contribution in [0.15, 0.2) is 4.99 Å². The summed E-state index contributed by atoms with van der Waals surface area (Å²) in [5, 5.41) is 3.27. The summed E-state index contributed by atoms with van der Waals surface area (Å²) in [6.07, 6.45) is 10.2. The van der Waals surface area contributed by atoms with Gasteiger partial charge in [0.1, 0.15) is 0 Å². The fraction of sp³-hybridized carbons (Fsp3) is 0.929. The van der Waals surface area contributed by atoms with Crippen LogP contribution in [0.2, 0.25) is 0 Å². The topological polar surface area (TPSA) is 87.8 Å². The number of halogens is 1. The maximum Gasteiger partial charge on any atom is 0.211 e. The number of nitrogens with two attached hydrogens (primary N) is 1. The van der Waals surface area contributed by atoms with Crippen LogP contribution >= 0.6 is 24.0 Å². The van der Waals surface area contributed by atoms with E-state index in [-0.39, 0.29) is 30.0 Å². The lowest BCUT2D eigenvalue weighted by molar-refractivity contribution is 0.259. The molecule has 2 aliphatic rings. The number of rotatable bonds is 4. The Morgan fingerprint density at radius 1 is 1.18 bits per heavy atom. The first-order valence-corrected chi connectivity index (χ1v) is 9.85. The second kappa shape index (κ2) is 9.27. The third kappa shape index (κ3) is 6.19. The molecule has 0 amide bonds. The smallest absolute Gasteiger partial charge is 0.211 e. The average Bonchev–Trinajstić information content (AvgIpc) is 2.45. The van der Waals surface area contributed by atoms with Gasteiger partial charge in [0.2, 0.25) is 10.0 Å². The Hall–Kier alpha value is -0.0900. The van der Waals surface area contributed by atoms with Gasteiger partial charge < -0.3 is 11.1 Å². The Balaban J connectivity index is 0.00000242. The number of guanidine groups is 1. The van der Waals surface area contributed by atoms with Gasteiger partial charge in [0.25, 0.3) is 0 Å². The monoisotopic (exact) mass is 444 g/mol. The van der Waals surface area contributed by atoms with Crippen molar-refractivity contribution in [3.05, 3.63) is 0 Å². The van der Waals surface area contributed by atoms with Crippen LogP contribution in [0.1, 0.15) is 51.4 Å². The zero-order valence-electron chi connectivity index (χ0n) is 13.3. The Morgan fingerprint density at radius 3 is 2.45 bits per heavy atom. The molecule has 130 valence electrons. The zero-order chi connectivity index (χ0) is 15.3. The molecule has 1 atom stereocenters. The fourth-order valence-electron chi connectivity index (χ4n) is 3.30. The second-order valence-corrected chi connectivity index (χ2v) is 8.16. The van der Waals surface area contributed by atoms with E-state index in [4.69, 9.17) is 5.73 Å². The van der Waals surface area contributed by atoms with Crippen molar-refractivity contribution in [3.8, 4) is 0 Å². The van der Waals surface area contributed by atoms with Gasteiger partial charge in [-0.1, -0.05) is 25.7 Å². The highest BCUT2D eigenvalue weighted by Crippen LogP contribution is 2.20. The number of nitrogens with zero attached hydrogens (tertiary/aromatic N) is 2. The van der Waals surface area contributed by atoms with Gasteiger partial charge in [-0.25, -0.2) is 8.42 Å². The third-order valence-corrected chi connectivity index (χ3v) is 5.76. The fourth-order valence-corrected chi connectivity index (χ4v) is 4.47. The van der Waals surface area contributed by atoms with E-state index in [1.54, 1.807) is 4.31 Å². The van der Waals surface area contributed by atoms with Crippen molar-refractivity contribution in [2.24, 2.45) is 10.7 Å². The highest BCUT2D eigenvalue weighted by molar-refractivity contribution is 14.0. The molecule has 0 aromatic rings. The molecule has 0 aromatic heterocycles. The van der Waals surface area contributed by atoms with Crippen molar-refractivity contribution in [2.75, 3.05) is 19.3 Å². The van der Waals surface area contributed by atoms with Crippen molar-refractivity contribution in [1.82, 2.24) is 9.62 Å². The number of hydrogen-bond acceptors (Lipinski definition) is 3. The van der Waals surface area contributed by atoms with Crippen molar-refractivity contribution in [1.29, 1.82) is 0 Å². The van der Waals surface area contributed by atoms with Gasteiger partial charge in [0, 0.05) is 18.6 Å². The Bertz CT molecular complexity index is 463. The van der Waals surface area contributed by atoms with E-state index in [1.165, 1.54) is 25.5 Å². The minimum Gasteiger partial charge on any atom is -0.370 e. The lowest BCUT2D eigenvalue weighted by atomic mass is 9.96. The van der Waals surface area contributed by atoms with Crippen LogP contribution in [0.25, 0.3) is 0 Å². The van der Waals surface area contributed by atoms with E-state index in [9.17, 15) is 8.42 Å². The number of sulfonamides is 1. The minimum atomic E-state index is -3.15. The predicted molar refractivity (Wildman–Crippen MR) is 101 cm³/mol. The largest absolute Gasteiger partial charge is 0.370 e. The number of nitrogens with one attached hydrogen (secondary N) is 1. The van der Waals surface area contributed by atoms with Crippen LogP contribution in [0, 0.1) is 0 Å². The molecule has 0 aromatic carbocycles. The maximum atomic E-state index is 11.8. The first-order valence-electron chi connectivity index (χ1n) is 8.00. The van der Waals surface area contributed by atoms with Crippen LogP contribution in [-0.4, -0.2) is 50.1 Å². The molecule has 1 saturated heterocycles. The van der Waals surface area contributed by atoms with Gasteiger partial charge in [0.15, 0.2) is 5.96 Å². The molecule has 8 heteroatoms. The molecule has 0 radical (unpaired) electrons. The van der Waals surface area contributed by atoms with Gasteiger partial charge >= 0.3 is 0 Å². The molecule has 22 heavy (non-hydrogen) atoms. The summed E-state index contributed by atoms with van der Waals surface area (Å²) in [5.41, 5.74) is 5.95. The Morgan fingerprint density at radius 2 is 1.82 bits per heavy atom. The summed E-state index contributed by atoms with van der Waals surface area (Å²) in [5.74, 6) is 0.459. The van der Waals surface area contributed by atoms with Gasteiger partial charge in [-0.2, -0.15) is 4.31 Å². The predicted octanol–water partition coefficient (Wildman–Crippen LogP) is 1.66. The highest BCUT2D eigenvalue weighted by atomic mass is 127. The summed E-state index contributed by atoms with van der Waals surface area (Å²) in [4.78, 5) is 4.38. The second-order valence-electron chi connectivity index (χ2n) is 6.23. The average molecular weight is 444 g/mol. The molecule has 1 saturated carbocycles. The number of piperidine rings is 1. The molecule has 6 nitrogen and oxygen atoms in total. The highest BCUT2D eigenvalue weighted by Gasteiger charge is 2.29. The molecule has 1 unspecified atom stereocenters. The quantitative estimate of drug-likeness (QED) is 0.392. The SMILES string of the molecule is CS(=O)(=O)N1CCCCC1CN=C(N)NC1CCCCC1.I. The summed E-state index contributed by atoms with van der Waals surface area (Å²) < 4.78 is 25.2. The first kappa shape index (κ1) is 20.0. The standard InChI is InChI=1S/C14H28N4O2S.HI/c1-21(19,20)18-10-6-5-9-13(18)11-16-14(15)17-12-7-3-2-4-8-12;/h12-13H,2-11H2,1H3,(H3,15,16,17);1H. The Kier molecular flexibility index (Phi) is 8.40. The normalized spacial score (nSPS) is 25.5. The van der Waals surface area contributed by atoms with E-state index in [1.807, 2.05) is 0 Å². The molecule has 1 heterocycles. The van der Waals surface area contributed by atoms with Crippen molar-refractivity contribution < 1.29 is 8.42 Å². The molecule has 0 spiro atoms. The Labute approximate surface area is 151 Å². The van der Waals surface area contributed by atoms with Gasteiger partial charge in [-0.3, -0.25) is 4.99 Å². The molecule has 1 aliphatic heterocycles. The van der Waals surface area contributed by atoms with Crippen molar-refractivity contribution >= 4 is 40.0 Å². The van der Waals surface area contributed by atoms with Crippen molar-refractivity contribution in [2.45, 2.75) is 63.5 Å². The van der Waals surface area contributed by atoms with E-state index in [0.717, 1.165) is 32.1 Å².